The molecule has 0 radical (unpaired) electrons. The summed E-state index contributed by atoms with van der Waals surface area (Å²) in [6, 6.07) is 50.5. The molecule has 3 aliphatic rings. The zero-order valence-electron chi connectivity index (χ0n) is 30.2. The van der Waals surface area contributed by atoms with E-state index in [-0.39, 0.29) is 10.8 Å². The molecule has 0 saturated heterocycles. The third-order valence-corrected chi connectivity index (χ3v) is 12.6. The van der Waals surface area contributed by atoms with Gasteiger partial charge in [-0.2, -0.15) is 0 Å². The van der Waals surface area contributed by atoms with Crippen LogP contribution in [0.5, 0.6) is 0 Å². The summed E-state index contributed by atoms with van der Waals surface area (Å²) >= 11 is 0. The number of allylic oxidation sites excluding steroid dienone is 1. The molecule has 2 aliphatic heterocycles. The largest absolute Gasteiger partial charge is 0.310 e. The van der Waals surface area contributed by atoms with Crippen molar-refractivity contribution in [2.45, 2.75) is 51.4 Å². The van der Waals surface area contributed by atoms with Gasteiger partial charge in [-0.05, 0) is 111 Å². The van der Waals surface area contributed by atoms with Gasteiger partial charge in [0.05, 0.1) is 16.7 Å². The second kappa shape index (κ2) is 10.4. The Labute approximate surface area is 305 Å². The van der Waals surface area contributed by atoms with Gasteiger partial charge in [0.15, 0.2) is 0 Å². The molecule has 0 unspecified atom stereocenters. The number of hydrogen-bond donors (Lipinski definition) is 0. The van der Waals surface area contributed by atoms with Gasteiger partial charge in [0.25, 0.3) is 0 Å². The Kier molecular flexibility index (Phi) is 5.94. The van der Waals surface area contributed by atoms with Crippen molar-refractivity contribution in [3.8, 4) is 16.8 Å². The Morgan fingerprint density at radius 2 is 1.23 bits per heavy atom. The summed E-state index contributed by atoms with van der Waals surface area (Å²) in [4.78, 5) is 2.46. The Morgan fingerprint density at radius 1 is 0.538 bits per heavy atom. The smallest absolute Gasteiger partial charge is 0.0582 e. The lowest BCUT2D eigenvalue weighted by atomic mass is 9.68. The van der Waals surface area contributed by atoms with Crippen molar-refractivity contribution < 1.29 is 0 Å². The highest BCUT2D eigenvalue weighted by Gasteiger charge is 2.43. The van der Waals surface area contributed by atoms with E-state index in [9.17, 15) is 0 Å². The maximum atomic E-state index is 2.61. The maximum absolute atomic E-state index is 2.61. The molecule has 3 heterocycles. The topological polar surface area (TPSA) is 8.17 Å². The van der Waals surface area contributed by atoms with E-state index >= 15 is 0 Å². The van der Waals surface area contributed by atoms with Gasteiger partial charge in [0.1, 0.15) is 0 Å². The Balaban J connectivity index is 1.11. The first kappa shape index (κ1) is 29.8. The summed E-state index contributed by atoms with van der Waals surface area (Å²) in [6.45, 7) is 9.64. The van der Waals surface area contributed by atoms with E-state index < -0.39 is 0 Å². The highest BCUT2D eigenvalue weighted by Crippen LogP contribution is 2.56. The number of benzene rings is 7. The molecule has 0 saturated carbocycles. The molecule has 1 aromatic heterocycles. The second-order valence-corrected chi connectivity index (χ2v) is 16.1. The molecule has 0 fully saturated rings. The average Bonchev–Trinajstić information content (AvgIpc) is 3.51. The summed E-state index contributed by atoms with van der Waals surface area (Å²) in [5, 5.41) is 5.21. The predicted molar refractivity (Wildman–Crippen MR) is 220 cm³/mol. The van der Waals surface area contributed by atoms with Crippen molar-refractivity contribution in [1.29, 1.82) is 0 Å². The minimum absolute atomic E-state index is 0.0767. The quantitative estimate of drug-likeness (QED) is 0.181. The molecule has 0 N–H and O–H groups in total. The number of para-hydroxylation sites is 2. The van der Waals surface area contributed by atoms with Gasteiger partial charge >= 0.3 is 0 Å². The van der Waals surface area contributed by atoms with Crippen LogP contribution in [0.3, 0.4) is 0 Å². The third kappa shape index (κ3) is 3.90. The summed E-state index contributed by atoms with van der Waals surface area (Å²) < 4.78 is 2.61. The molecule has 0 atom stereocenters. The van der Waals surface area contributed by atoms with E-state index in [1.165, 1.54) is 99.8 Å². The molecule has 0 amide bonds. The molecule has 52 heavy (non-hydrogen) atoms. The van der Waals surface area contributed by atoms with Crippen molar-refractivity contribution in [2.24, 2.45) is 0 Å². The number of anilines is 3. The lowest BCUT2D eigenvalue weighted by Crippen LogP contribution is -2.33. The van der Waals surface area contributed by atoms with Crippen molar-refractivity contribution in [1.82, 2.24) is 4.57 Å². The summed E-state index contributed by atoms with van der Waals surface area (Å²) in [5.41, 5.74) is 18.4. The van der Waals surface area contributed by atoms with Gasteiger partial charge in [0, 0.05) is 38.7 Å². The van der Waals surface area contributed by atoms with E-state index in [1.807, 2.05) is 0 Å². The number of rotatable bonds is 4. The molecule has 0 spiro atoms. The molecule has 0 bridgehead atoms. The Morgan fingerprint density at radius 3 is 2.06 bits per heavy atom. The van der Waals surface area contributed by atoms with E-state index in [0.29, 0.717) is 0 Å². The highest BCUT2D eigenvalue weighted by atomic mass is 15.1. The summed E-state index contributed by atoms with van der Waals surface area (Å²) in [5.74, 6) is 0. The minimum atomic E-state index is -0.148. The van der Waals surface area contributed by atoms with Crippen LogP contribution in [0.15, 0.2) is 140 Å². The predicted octanol–water partition coefficient (Wildman–Crippen LogP) is 13.3. The third-order valence-electron chi connectivity index (χ3n) is 12.6. The van der Waals surface area contributed by atoms with Crippen LogP contribution >= 0.6 is 0 Å². The Bertz CT molecular complexity index is 2840. The SMILES string of the molecule is CC1(C)c2cccc3c2-n2c4c1cccc4c1cc(-c4ccc(N(c5ccc6ccccc6c5)c5cccc6c5CCC=C6)cc4)cc(c12)C3(C)C. The molecule has 11 rings (SSSR count). The molecule has 8 aromatic rings. The molecular formula is C50H40N2. The number of nitrogens with zero attached hydrogens (tertiary/aromatic N) is 2. The van der Waals surface area contributed by atoms with Crippen LogP contribution in [0.25, 0.3) is 55.5 Å². The zero-order chi connectivity index (χ0) is 34.9. The fourth-order valence-corrected chi connectivity index (χ4v) is 9.86. The normalized spacial score (nSPS) is 15.8. The van der Waals surface area contributed by atoms with Crippen LogP contribution in [-0.4, -0.2) is 4.57 Å². The summed E-state index contributed by atoms with van der Waals surface area (Å²) in [7, 11) is 0. The number of fused-ring (bicyclic) bond motifs is 3. The van der Waals surface area contributed by atoms with E-state index in [4.69, 9.17) is 0 Å². The van der Waals surface area contributed by atoms with E-state index in [0.717, 1.165) is 12.8 Å². The first-order valence-corrected chi connectivity index (χ1v) is 18.7. The van der Waals surface area contributed by atoms with Crippen molar-refractivity contribution in [3.63, 3.8) is 0 Å². The number of aromatic nitrogens is 1. The van der Waals surface area contributed by atoms with Crippen molar-refractivity contribution >= 4 is 55.7 Å². The van der Waals surface area contributed by atoms with Crippen molar-refractivity contribution in [3.05, 3.63) is 173 Å². The highest BCUT2D eigenvalue weighted by molar-refractivity contribution is 6.15. The molecule has 1 aliphatic carbocycles. The summed E-state index contributed by atoms with van der Waals surface area (Å²) in [6.07, 6.45) is 6.69. The maximum Gasteiger partial charge on any atom is 0.0582 e. The van der Waals surface area contributed by atoms with Gasteiger partial charge in [-0.15, -0.1) is 0 Å². The monoisotopic (exact) mass is 668 g/mol. The average molecular weight is 669 g/mol. The van der Waals surface area contributed by atoms with Gasteiger partial charge in [-0.1, -0.05) is 131 Å². The zero-order valence-corrected chi connectivity index (χ0v) is 30.2. The number of hydrogen-bond acceptors (Lipinski definition) is 1. The molecule has 2 heteroatoms. The fourth-order valence-electron chi connectivity index (χ4n) is 9.86. The van der Waals surface area contributed by atoms with Crippen LogP contribution in [0.1, 0.15) is 67.5 Å². The van der Waals surface area contributed by atoms with Crippen LogP contribution in [0, 0.1) is 0 Å². The van der Waals surface area contributed by atoms with E-state index in [2.05, 4.69) is 183 Å². The lowest BCUT2D eigenvalue weighted by molar-refractivity contribution is 0.594. The van der Waals surface area contributed by atoms with Crippen LogP contribution in [-0.2, 0) is 17.3 Å². The standard InChI is InChI=1S/C50H40N2/c1-49(2)41-18-10-17-39-40-29-35(30-44-47(40)52(46(39)41)48-42(49)19-11-20-43(48)50(44,3)4)32-22-25-36(26-23-32)51(37-27-24-31-12-5-6-14-34(31)28-37)45-21-9-15-33-13-7-8-16-38(33)45/h5-7,9-15,17-30H,8,16H2,1-4H3. The van der Waals surface area contributed by atoms with Gasteiger partial charge in [0.2, 0.25) is 0 Å². The lowest BCUT2D eigenvalue weighted by Gasteiger charge is -2.42. The second-order valence-electron chi connectivity index (χ2n) is 16.1. The van der Waals surface area contributed by atoms with Crippen LogP contribution in [0.4, 0.5) is 17.1 Å². The van der Waals surface area contributed by atoms with Crippen molar-refractivity contribution in [2.75, 3.05) is 4.90 Å². The van der Waals surface area contributed by atoms with Gasteiger partial charge < -0.3 is 9.47 Å². The molecule has 7 aromatic carbocycles. The first-order chi connectivity index (χ1) is 25.3. The van der Waals surface area contributed by atoms with Gasteiger partial charge in [-0.3, -0.25) is 0 Å². The van der Waals surface area contributed by atoms with Crippen LogP contribution in [0.2, 0.25) is 0 Å². The molecular weight excluding hydrogens is 629 g/mol. The molecule has 250 valence electrons. The Hall–Kier alpha value is -5.86. The van der Waals surface area contributed by atoms with Crippen LogP contribution < -0.4 is 4.90 Å². The fraction of sp³-hybridized carbons (Fsp3) is 0.160. The van der Waals surface area contributed by atoms with Gasteiger partial charge in [-0.25, -0.2) is 0 Å². The molecule has 2 nitrogen and oxygen atoms in total. The first-order valence-electron chi connectivity index (χ1n) is 18.7. The van der Waals surface area contributed by atoms with E-state index in [1.54, 1.807) is 0 Å². The minimum Gasteiger partial charge on any atom is -0.310 e.